The Morgan fingerprint density at radius 1 is 1.11 bits per heavy atom. The van der Waals surface area contributed by atoms with Gasteiger partial charge in [-0.1, -0.05) is 23.9 Å². The Balaban J connectivity index is 2.11. The monoisotopic (exact) mass is 259 g/mol. The average molecular weight is 259 g/mol. The van der Waals surface area contributed by atoms with E-state index in [1.54, 1.807) is 11.8 Å². The molecule has 0 aliphatic heterocycles. The Morgan fingerprint density at radius 3 is 2.39 bits per heavy atom. The van der Waals surface area contributed by atoms with Crippen molar-refractivity contribution in [1.82, 2.24) is 9.97 Å². The SMILES string of the molecule is Cc1nc(SCc2cccc(N)c2)nc(C)c1C. The first kappa shape index (κ1) is 12.9. The van der Waals surface area contributed by atoms with Crippen molar-refractivity contribution in [1.29, 1.82) is 0 Å². The maximum absolute atomic E-state index is 5.76. The van der Waals surface area contributed by atoms with E-state index < -0.39 is 0 Å². The molecule has 0 amide bonds. The molecule has 1 aromatic heterocycles. The van der Waals surface area contributed by atoms with Crippen molar-refractivity contribution in [2.75, 3.05) is 5.73 Å². The molecule has 0 aliphatic rings. The lowest BCUT2D eigenvalue weighted by atomic mass is 10.2. The normalized spacial score (nSPS) is 10.6. The molecule has 2 N–H and O–H groups in total. The predicted molar refractivity (Wildman–Crippen MR) is 76.7 cm³/mol. The van der Waals surface area contributed by atoms with Crippen molar-refractivity contribution in [2.24, 2.45) is 0 Å². The highest BCUT2D eigenvalue weighted by molar-refractivity contribution is 7.98. The van der Waals surface area contributed by atoms with E-state index >= 15 is 0 Å². The second-order valence-electron chi connectivity index (χ2n) is 4.34. The van der Waals surface area contributed by atoms with Crippen LogP contribution in [0.1, 0.15) is 22.5 Å². The summed E-state index contributed by atoms with van der Waals surface area (Å²) in [5.41, 5.74) is 11.0. The third-order valence-corrected chi connectivity index (χ3v) is 3.85. The Morgan fingerprint density at radius 2 is 1.78 bits per heavy atom. The minimum Gasteiger partial charge on any atom is -0.399 e. The van der Waals surface area contributed by atoms with Crippen molar-refractivity contribution in [2.45, 2.75) is 31.7 Å². The standard InChI is InChI=1S/C14H17N3S/c1-9-10(2)16-14(17-11(9)3)18-8-12-5-4-6-13(15)7-12/h4-7H,8,15H2,1-3H3. The number of nitrogen functional groups attached to an aromatic ring is 1. The number of hydrogen-bond donors (Lipinski definition) is 1. The van der Waals surface area contributed by atoms with Crippen LogP contribution in [0.4, 0.5) is 5.69 Å². The van der Waals surface area contributed by atoms with Crippen LogP contribution in [-0.4, -0.2) is 9.97 Å². The molecule has 0 saturated heterocycles. The summed E-state index contributed by atoms with van der Waals surface area (Å²) in [7, 11) is 0. The molecule has 0 bridgehead atoms. The Labute approximate surface area is 112 Å². The molecule has 0 fully saturated rings. The number of nitrogens with zero attached hydrogens (tertiary/aromatic N) is 2. The van der Waals surface area contributed by atoms with Crippen LogP contribution >= 0.6 is 11.8 Å². The molecule has 1 heterocycles. The third-order valence-electron chi connectivity index (χ3n) is 2.93. The smallest absolute Gasteiger partial charge is 0.188 e. The maximum Gasteiger partial charge on any atom is 0.188 e. The van der Waals surface area contributed by atoms with E-state index in [2.05, 4.69) is 23.0 Å². The fraction of sp³-hybridized carbons (Fsp3) is 0.286. The zero-order valence-corrected chi connectivity index (χ0v) is 11.7. The molecule has 0 atom stereocenters. The van der Waals surface area contributed by atoms with E-state index in [-0.39, 0.29) is 0 Å². The summed E-state index contributed by atoms with van der Waals surface area (Å²) < 4.78 is 0. The summed E-state index contributed by atoms with van der Waals surface area (Å²) in [6.07, 6.45) is 0. The number of nitrogens with two attached hydrogens (primary N) is 1. The minimum absolute atomic E-state index is 0.797. The Kier molecular flexibility index (Phi) is 3.87. The van der Waals surface area contributed by atoms with Gasteiger partial charge in [0.25, 0.3) is 0 Å². The van der Waals surface area contributed by atoms with E-state index in [9.17, 15) is 0 Å². The first-order chi connectivity index (χ1) is 8.56. The summed E-state index contributed by atoms with van der Waals surface area (Å²) in [6, 6.07) is 7.92. The molecule has 0 radical (unpaired) electrons. The number of hydrogen-bond acceptors (Lipinski definition) is 4. The summed E-state index contributed by atoms with van der Waals surface area (Å²) in [5.74, 6) is 0.840. The number of aromatic nitrogens is 2. The molecule has 0 saturated carbocycles. The van der Waals surface area contributed by atoms with Gasteiger partial charge in [-0.2, -0.15) is 0 Å². The highest BCUT2D eigenvalue weighted by atomic mass is 32.2. The first-order valence-corrected chi connectivity index (χ1v) is 6.84. The van der Waals surface area contributed by atoms with E-state index in [0.29, 0.717) is 0 Å². The quantitative estimate of drug-likeness (QED) is 0.522. The Hall–Kier alpha value is -1.55. The summed E-state index contributed by atoms with van der Waals surface area (Å²) in [4.78, 5) is 8.98. The van der Waals surface area contributed by atoms with Gasteiger partial charge in [0.2, 0.25) is 0 Å². The van der Waals surface area contributed by atoms with Gasteiger partial charge in [-0.3, -0.25) is 0 Å². The summed E-state index contributed by atoms with van der Waals surface area (Å²) in [5, 5.41) is 0.832. The highest BCUT2D eigenvalue weighted by Crippen LogP contribution is 2.22. The first-order valence-electron chi connectivity index (χ1n) is 5.85. The van der Waals surface area contributed by atoms with Crippen molar-refractivity contribution in [3.8, 4) is 0 Å². The second kappa shape index (κ2) is 5.40. The van der Waals surface area contributed by atoms with Crippen molar-refractivity contribution >= 4 is 17.4 Å². The van der Waals surface area contributed by atoms with Crippen LogP contribution in [0.5, 0.6) is 0 Å². The molecular weight excluding hydrogens is 242 g/mol. The van der Waals surface area contributed by atoms with Crippen LogP contribution in [0.2, 0.25) is 0 Å². The van der Waals surface area contributed by atoms with E-state index in [4.69, 9.17) is 5.73 Å². The van der Waals surface area contributed by atoms with Gasteiger partial charge in [0.05, 0.1) is 0 Å². The largest absolute Gasteiger partial charge is 0.399 e. The maximum atomic E-state index is 5.76. The molecule has 1 aromatic carbocycles. The van der Waals surface area contributed by atoms with Gasteiger partial charge >= 0.3 is 0 Å². The van der Waals surface area contributed by atoms with Crippen LogP contribution in [0.3, 0.4) is 0 Å². The van der Waals surface area contributed by atoms with E-state index in [1.807, 2.05) is 32.0 Å². The molecule has 0 aliphatic carbocycles. The molecule has 94 valence electrons. The number of aryl methyl sites for hydroxylation is 2. The second-order valence-corrected chi connectivity index (χ2v) is 5.28. The number of thioether (sulfide) groups is 1. The van der Waals surface area contributed by atoms with Crippen LogP contribution in [-0.2, 0) is 5.75 Å². The molecule has 3 nitrogen and oxygen atoms in total. The fourth-order valence-electron chi connectivity index (χ4n) is 1.64. The fourth-order valence-corrected chi connectivity index (χ4v) is 2.52. The topological polar surface area (TPSA) is 51.8 Å². The van der Waals surface area contributed by atoms with Crippen molar-refractivity contribution in [3.05, 3.63) is 46.8 Å². The number of anilines is 1. The van der Waals surface area contributed by atoms with Crippen LogP contribution < -0.4 is 5.73 Å². The minimum atomic E-state index is 0.797. The lowest BCUT2D eigenvalue weighted by molar-refractivity contribution is 0.880. The van der Waals surface area contributed by atoms with Crippen LogP contribution in [0.25, 0.3) is 0 Å². The summed E-state index contributed by atoms with van der Waals surface area (Å²) >= 11 is 1.64. The Bertz CT molecular complexity index is 544. The molecule has 4 heteroatoms. The third kappa shape index (κ3) is 3.01. The van der Waals surface area contributed by atoms with Crippen LogP contribution in [0, 0.1) is 20.8 Å². The zero-order chi connectivity index (χ0) is 13.1. The van der Waals surface area contributed by atoms with Gasteiger partial charge in [0, 0.05) is 22.8 Å². The van der Waals surface area contributed by atoms with Gasteiger partial charge in [-0.05, 0) is 44.0 Å². The highest BCUT2D eigenvalue weighted by Gasteiger charge is 2.05. The molecule has 2 rings (SSSR count). The van der Waals surface area contributed by atoms with Gasteiger partial charge < -0.3 is 5.73 Å². The molecular formula is C14H17N3S. The summed E-state index contributed by atoms with van der Waals surface area (Å²) in [6.45, 7) is 6.10. The van der Waals surface area contributed by atoms with Gasteiger partial charge in [-0.25, -0.2) is 9.97 Å². The average Bonchev–Trinajstić information content (AvgIpc) is 2.33. The molecule has 0 spiro atoms. The van der Waals surface area contributed by atoms with Gasteiger partial charge in [-0.15, -0.1) is 0 Å². The lowest BCUT2D eigenvalue weighted by Crippen LogP contribution is -1.98. The predicted octanol–water partition coefficient (Wildman–Crippen LogP) is 3.28. The molecule has 18 heavy (non-hydrogen) atoms. The lowest BCUT2D eigenvalue weighted by Gasteiger charge is -2.07. The van der Waals surface area contributed by atoms with Crippen LogP contribution in [0.15, 0.2) is 29.4 Å². The van der Waals surface area contributed by atoms with Gasteiger partial charge in [0.1, 0.15) is 0 Å². The molecule has 0 unspecified atom stereocenters. The molecule has 2 aromatic rings. The van der Waals surface area contributed by atoms with Crippen molar-refractivity contribution < 1.29 is 0 Å². The van der Waals surface area contributed by atoms with E-state index in [1.165, 1.54) is 11.1 Å². The van der Waals surface area contributed by atoms with Crippen molar-refractivity contribution in [3.63, 3.8) is 0 Å². The van der Waals surface area contributed by atoms with E-state index in [0.717, 1.165) is 28.0 Å². The number of rotatable bonds is 3. The number of benzene rings is 1. The van der Waals surface area contributed by atoms with Gasteiger partial charge in [0.15, 0.2) is 5.16 Å². The zero-order valence-electron chi connectivity index (χ0n) is 10.9.